The van der Waals surface area contributed by atoms with E-state index in [4.69, 9.17) is 21.2 Å². The van der Waals surface area contributed by atoms with Crippen molar-refractivity contribution in [1.82, 2.24) is 10.1 Å². The molecule has 1 atom stereocenters. The zero-order valence-corrected chi connectivity index (χ0v) is 26.7. The van der Waals surface area contributed by atoms with Crippen LogP contribution in [0.4, 0.5) is 5.69 Å². The van der Waals surface area contributed by atoms with Gasteiger partial charge in [0.25, 0.3) is 12.7 Å². The lowest BCUT2D eigenvalue weighted by Crippen LogP contribution is -2.45. The molecule has 1 heterocycles. The van der Waals surface area contributed by atoms with E-state index in [1.165, 1.54) is 30.3 Å². The van der Waals surface area contributed by atoms with Crippen LogP contribution in [0.5, 0.6) is 0 Å². The minimum absolute atomic E-state index is 0.0191. The zero-order valence-electron chi connectivity index (χ0n) is 25.1. The number of rotatable bonds is 14. The smallest absolute Gasteiger partial charge is 0.341 e. The molecule has 0 bridgehead atoms. The summed E-state index contributed by atoms with van der Waals surface area (Å²) >= 11 is 6.24. The van der Waals surface area contributed by atoms with Gasteiger partial charge in [-0.1, -0.05) is 41.9 Å². The van der Waals surface area contributed by atoms with Crippen LogP contribution in [-0.4, -0.2) is 57.5 Å². The van der Waals surface area contributed by atoms with Crippen molar-refractivity contribution in [1.29, 1.82) is 0 Å². The van der Waals surface area contributed by atoms with Crippen LogP contribution in [-0.2, 0) is 32.4 Å². The summed E-state index contributed by atoms with van der Waals surface area (Å²) in [5, 5.41) is 20.5. The van der Waals surface area contributed by atoms with E-state index in [-0.39, 0.29) is 46.7 Å². The molecule has 0 unspecified atom stereocenters. The van der Waals surface area contributed by atoms with E-state index in [2.05, 4.69) is 20.6 Å². The number of halogens is 1. The summed E-state index contributed by atoms with van der Waals surface area (Å²) < 4.78 is 32.8. The molecule has 3 aromatic carbocycles. The predicted octanol–water partition coefficient (Wildman–Crippen LogP) is 4.72. The molecule has 240 valence electrons. The fraction of sp³-hybridized carbons (Fsp3) is 0.333. The van der Waals surface area contributed by atoms with Gasteiger partial charge in [-0.05, 0) is 81.1 Å². The normalized spacial score (nSPS) is 14.8. The number of nitrogens with zero attached hydrogens (tertiary/aromatic N) is 4. The van der Waals surface area contributed by atoms with Gasteiger partial charge in [0.1, 0.15) is 18.0 Å². The van der Waals surface area contributed by atoms with Gasteiger partial charge in [-0.3, -0.25) is 15.2 Å². The Balaban J connectivity index is 1.29. The molecule has 45 heavy (non-hydrogen) atoms. The number of hydroxylamine groups is 2. The fourth-order valence-electron chi connectivity index (χ4n) is 4.60. The van der Waals surface area contributed by atoms with E-state index in [1.54, 1.807) is 31.0 Å². The van der Waals surface area contributed by atoms with E-state index in [1.807, 2.05) is 31.2 Å². The van der Waals surface area contributed by atoms with Crippen molar-refractivity contribution in [2.24, 2.45) is 10.5 Å². The number of quaternary nitrogens is 1. The molecule has 0 saturated heterocycles. The van der Waals surface area contributed by atoms with Gasteiger partial charge in [0, 0.05) is 12.1 Å². The highest BCUT2D eigenvalue weighted by atomic mass is 35.5. The molecule has 0 aliphatic carbocycles. The molecule has 0 saturated carbocycles. The van der Waals surface area contributed by atoms with Crippen molar-refractivity contribution in [2.45, 2.75) is 44.6 Å². The number of nitrogens with one attached hydrogen (secondary N) is 2. The first-order valence-electron chi connectivity index (χ1n) is 14.3. The monoisotopic (exact) mass is 658 g/mol. The van der Waals surface area contributed by atoms with Crippen LogP contribution in [0.2, 0.25) is 5.02 Å². The quantitative estimate of drug-likeness (QED) is 0.0628. The number of hydrogen-bond acceptors (Lipinski definition) is 10. The van der Waals surface area contributed by atoms with Crippen molar-refractivity contribution in [3.8, 4) is 0 Å². The number of benzene rings is 3. The standard InChI is InChI=1S/C30H35ClN6O7S/c1-4-37(40,5-2)34-35-44-20-43-30(39)23-12-10-22(11-13-23)16-17-32-45(41,42)28-19-25(14-15-26(28)31)29(38)33-36-21(3)18-24-8-6-7-9-27(24)36/h6-15,19,21,32H,4-5,16-18,20H2,1-3H3,(H,33,38)/b35-34-/t21-/m1/s1. The van der Waals surface area contributed by atoms with Crippen molar-refractivity contribution in [2.75, 3.05) is 31.4 Å². The second-order valence-corrected chi connectivity index (χ2v) is 12.5. The summed E-state index contributed by atoms with van der Waals surface area (Å²) in [6.45, 7) is 5.22. The minimum Gasteiger partial charge on any atom is -0.603 e. The number of hydrogen-bond donors (Lipinski definition) is 2. The third-order valence-corrected chi connectivity index (χ3v) is 9.24. The molecule has 1 aliphatic heterocycles. The number of ether oxygens (including phenoxy) is 1. The average molecular weight is 659 g/mol. The van der Waals surface area contributed by atoms with Gasteiger partial charge in [-0.25, -0.2) is 22.7 Å². The number of amides is 1. The van der Waals surface area contributed by atoms with Crippen LogP contribution < -0.4 is 15.2 Å². The molecule has 0 aromatic heterocycles. The summed E-state index contributed by atoms with van der Waals surface area (Å²) in [6, 6.07) is 18.3. The van der Waals surface area contributed by atoms with Crippen LogP contribution in [0.3, 0.4) is 0 Å². The lowest BCUT2D eigenvalue weighted by molar-refractivity contribution is -0.890. The van der Waals surface area contributed by atoms with Gasteiger partial charge in [0.2, 0.25) is 10.0 Å². The minimum atomic E-state index is -4.05. The maximum atomic E-state index is 13.1. The summed E-state index contributed by atoms with van der Waals surface area (Å²) in [5.41, 5.74) is 6.03. The third-order valence-electron chi connectivity index (χ3n) is 7.30. The molecule has 1 amide bonds. The Morgan fingerprint density at radius 3 is 2.47 bits per heavy atom. The van der Waals surface area contributed by atoms with Crippen LogP contribution in [0, 0.1) is 5.21 Å². The van der Waals surface area contributed by atoms with E-state index < -0.39 is 33.4 Å². The Bertz CT molecular complexity index is 1650. The summed E-state index contributed by atoms with van der Waals surface area (Å²) in [4.78, 5) is 29.9. The number of carbonyl (C=O) groups excluding carboxylic acids is 2. The van der Waals surface area contributed by atoms with Crippen LogP contribution in [0.15, 0.2) is 82.1 Å². The lowest BCUT2D eigenvalue weighted by atomic mass is 10.1. The number of carbonyl (C=O) groups is 2. The zero-order chi connectivity index (χ0) is 32.6. The van der Waals surface area contributed by atoms with Crippen LogP contribution in [0.25, 0.3) is 0 Å². The molecule has 15 heteroatoms. The second-order valence-electron chi connectivity index (χ2n) is 10.3. The lowest BCUT2D eigenvalue weighted by Gasteiger charge is -2.30. The molecule has 0 spiro atoms. The fourth-order valence-corrected chi connectivity index (χ4v) is 6.16. The third kappa shape index (κ3) is 8.55. The Morgan fingerprint density at radius 1 is 1.07 bits per heavy atom. The molecule has 13 nitrogen and oxygen atoms in total. The SMILES string of the molecule is CC[N+]([O-])(CC)/N=N\OCOC(=O)c1ccc(CCNS(=O)(=O)c2cc(C(=O)NN3c4ccccc4C[C@H]3C)ccc2Cl)cc1. The maximum absolute atomic E-state index is 13.1. The van der Waals surface area contributed by atoms with E-state index in [0.29, 0.717) is 6.42 Å². The van der Waals surface area contributed by atoms with Crippen molar-refractivity contribution < 1.29 is 32.3 Å². The van der Waals surface area contributed by atoms with E-state index >= 15 is 0 Å². The number of sulfonamides is 1. The summed E-state index contributed by atoms with van der Waals surface area (Å²) in [5.74, 6) is -1.13. The van der Waals surface area contributed by atoms with Gasteiger partial charge in [0.05, 0.1) is 32.8 Å². The molecule has 0 radical (unpaired) electrons. The molecule has 2 N–H and O–H groups in total. The molecule has 1 aliphatic rings. The average Bonchev–Trinajstić information content (AvgIpc) is 3.35. The number of para-hydroxylation sites is 1. The highest BCUT2D eigenvalue weighted by Crippen LogP contribution is 2.30. The number of fused-ring (bicyclic) bond motifs is 1. The second kappa shape index (κ2) is 14.8. The molecular formula is C30H35ClN6O7S. The first kappa shape index (κ1) is 33.8. The maximum Gasteiger partial charge on any atom is 0.341 e. The van der Waals surface area contributed by atoms with E-state index in [0.717, 1.165) is 23.2 Å². The van der Waals surface area contributed by atoms with Crippen LogP contribution in [0.1, 0.15) is 52.6 Å². The first-order valence-corrected chi connectivity index (χ1v) is 16.2. The van der Waals surface area contributed by atoms with Gasteiger partial charge in [-0.15, -0.1) is 0 Å². The van der Waals surface area contributed by atoms with Gasteiger partial charge >= 0.3 is 5.97 Å². The molecular weight excluding hydrogens is 624 g/mol. The van der Waals surface area contributed by atoms with Gasteiger partial charge in [-0.2, -0.15) is 0 Å². The highest BCUT2D eigenvalue weighted by molar-refractivity contribution is 7.89. The van der Waals surface area contributed by atoms with Crippen molar-refractivity contribution >= 4 is 39.2 Å². The van der Waals surface area contributed by atoms with Gasteiger partial charge < -0.3 is 14.8 Å². The summed E-state index contributed by atoms with van der Waals surface area (Å²) in [7, 11) is -4.05. The predicted molar refractivity (Wildman–Crippen MR) is 167 cm³/mol. The highest BCUT2D eigenvalue weighted by Gasteiger charge is 2.28. The molecule has 0 fully saturated rings. The van der Waals surface area contributed by atoms with Gasteiger partial charge in [0.15, 0.2) is 0 Å². The number of hydrazine groups is 1. The Labute approximate surface area is 266 Å². The molecule has 3 aromatic rings. The van der Waals surface area contributed by atoms with E-state index in [9.17, 15) is 23.2 Å². The molecule has 4 rings (SSSR count). The Morgan fingerprint density at radius 2 is 1.76 bits per heavy atom. The number of esters is 1. The van der Waals surface area contributed by atoms with Crippen molar-refractivity contribution in [3.63, 3.8) is 0 Å². The Hall–Kier alpha value is -4.08. The number of anilines is 1. The largest absolute Gasteiger partial charge is 0.603 e. The Kier molecular flexibility index (Phi) is 11.1. The topological polar surface area (TPSA) is 162 Å². The van der Waals surface area contributed by atoms with Crippen LogP contribution >= 0.6 is 11.6 Å². The van der Waals surface area contributed by atoms with Crippen molar-refractivity contribution in [3.05, 3.63) is 99.2 Å². The summed E-state index contributed by atoms with van der Waals surface area (Å²) in [6.07, 6.45) is 1.09. The first-order chi connectivity index (χ1) is 21.5.